The Morgan fingerprint density at radius 3 is 2.42 bits per heavy atom. The van der Waals surface area contributed by atoms with Crippen molar-refractivity contribution in [2.45, 2.75) is 6.18 Å². The van der Waals surface area contributed by atoms with E-state index in [-0.39, 0.29) is 0 Å². The van der Waals surface area contributed by atoms with Gasteiger partial charge in [0.2, 0.25) is 0 Å². The molecule has 0 bridgehead atoms. The molecule has 170 valence electrons. The summed E-state index contributed by atoms with van der Waals surface area (Å²) in [5.74, 6) is -0.316. The molecule has 0 unspecified atom stereocenters. The van der Waals surface area contributed by atoms with E-state index in [0.29, 0.717) is 22.9 Å². The lowest BCUT2D eigenvalue weighted by atomic mass is 10.1. The molecule has 11 heteroatoms. The molecule has 2 amide bonds. The smallest absolute Gasteiger partial charge is 0.419 e. The van der Waals surface area contributed by atoms with Gasteiger partial charge in [-0.3, -0.25) is 4.98 Å². The number of aromatic nitrogens is 1. The van der Waals surface area contributed by atoms with Gasteiger partial charge in [0, 0.05) is 24.0 Å². The van der Waals surface area contributed by atoms with Gasteiger partial charge in [0.15, 0.2) is 0 Å². The number of amides is 2. The van der Waals surface area contributed by atoms with Crippen molar-refractivity contribution in [2.24, 2.45) is 0 Å². The first-order chi connectivity index (χ1) is 15.6. The van der Waals surface area contributed by atoms with Gasteiger partial charge in [0.25, 0.3) is 0 Å². The first kappa shape index (κ1) is 23.6. The normalized spacial score (nSPS) is 11.3. The van der Waals surface area contributed by atoms with E-state index >= 15 is 0 Å². The SMILES string of the molecule is O=C(O)C=Cc1cc(Oc2ccc(NC(=O)Nc3cccc(Cl)c3C(F)(F)F)cc2)ccn1. The third kappa shape index (κ3) is 6.71. The zero-order valence-electron chi connectivity index (χ0n) is 16.6. The van der Waals surface area contributed by atoms with E-state index < -0.39 is 34.5 Å². The van der Waals surface area contributed by atoms with Gasteiger partial charge < -0.3 is 20.5 Å². The van der Waals surface area contributed by atoms with Crippen LogP contribution in [0.3, 0.4) is 0 Å². The lowest BCUT2D eigenvalue weighted by molar-refractivity contribution is -0.137. The fraction of sp³-hybridized carbons (Fsp3) is 0.0455. The Bertz CT molecular complexity index is 1200. The molecule has 0 saturated carbocycles. The maximum atomic E-state index is 13.2. The number of benzene rings is 2. The van der Waals surface area contributed by atoms with Gasteiger partial charge in [0.05, 0.1) is 22.0 Å². The molecular formula is C22H15ClF3N3O4. The average Bonchev–Trinajstić information content (AvgIpc) is 2.73. The predicted molar refractivity (Wildman–Crippen MR) is 117 cm³/mol. The second kappa shape index (κ2) is 10.0. The number of hydrogen-bond donors (Lipinski definition) is 3. The van der Waals surface area contributed by atoms with E-state index in [1.54, 1.807) is 6.07 Å². The number of nitrogens with zero attached hydrogens (tertiary/aromatic N) is 1. The highest BCUT2D eigenvalue weighted by Crippen LogP contribution is 2.39. The highest BCUT2D eigenvalue weighted by Gasteiger charge is 2.36. The summed E-state index contributed by atoms with van der Waals surface area (Å²) in [4.78, 5) is 26.8. The number of anilines is 2. The van der Waals surface area contributed by atoms with E-state index in [0.717, 1.165) is 18.2 Å². The molecule has 3 rings (SSSR count). The van der Waals surface area contributed by atoms with Crippen LogP contribution < -0.4 is 15.4 Å². The number of carbonyl (C=O) groups excluding carboxylic acids is 1. The largest absolute Gasteiger partial charge is 0.478 e. The standard InChI is InChI=1S/C22H15ClF3N3O4/c23-17-2-1-3-18(20(17)22(24,25)26)29-21(32)28-13-4-7-15(8-5-13)33-16-10-11-27-14(12-16)6-9-19(30)31/h1-12H,(H,30,31)(H2,28,29,32). The maximum Gasteiger partial charge on any atom is 0.419 e. The van der Waals surface area contributed by atoms with Crippen LogP contribution in [0.25, 0.3) is 6.08 Å². The number of urea groups is 1. The molecule has 0 aliphatic rings. The van der Waals surface area contributed by atoms with Gasteiger partial charge in [-0.05, 0) is 48.5 Å². The molecule has 0 saturated heterocycles. The third-order valence-corrected chi connectivity index (χ3v) is 4.36. The van der Waals surface area contributed by atoms with Crippen molar-refractivity contribution in [3.8, 4) is 11.5 Å². The minimum atomic E-state index is -4.74. The summed E-state index contributed by atoms with van der Waals surface area (Å²) in [7, 11) is 0. The number of carboxylic acids is 1. The van der Waals surface area contributed by atoms with Crippen LogP contribution >= 0.6 is 11.6 Å². The van der Waals surface area contributed by atoms with E-state index in [1.807, 2.05) is 0 Å². The zero-order chi connectivity index (χ0) is 24.0. The molecule has 3 N–H and O–H groups in total. The van der Waals surface area contributed by atoms with Crippen LogP contribution in [0.15, 0.2) is 66.9 Å². The number of pyridine rings is 1. The Labute approximate surface area is 190 Å². The van der Waals surface area contributed by atoms with Gasteiger partial charge in [-0.25, -0.2) is 9.59 Å². The van der Waals surface area contributed by atoms with Crippen molar-refractivity contribution in [1.29, 1.82) is 0 Å². The Morgan fingerprint density at radius 1 is 1.03 bits per heavy atom. The highest BCUT2D eigenvalue weighted by molar-refractivity contribution is 6.32. The Balaban J connectivity index is 1.65. The van der Waals surface area contributed by atoms with Gasteiger partial charge in [-0.1, -0.05) is 17.7 Å². The first-order valence-corrected chi connectivity index (χ1v) is 9.58. The second-order valence-corrected chi connectivity index (χ2v) is 6.86. The number of ether oxygens (including phenoxy) is 1. The fourth-order valence-electron chi connectivity index (χ4n) is 2.68. The van der Waals surface area contributed by atoms with Crippen LogP contribution in [0.1, 0.15) is 11.3 Å². The lowest BCUT2D eigenvalue weighted by Gasteiger charge is -2.15. The van der Waals surface area contributed by atoms with Gasteiger partial charge in [0.1, 0.15) is 11.5 Å². The molecule has 7 nitrogen and oxygen atoms in total. The molecule has 1 aromatic heterocycles. The summed E-state index contributed by atoms with van der Waals surface area (Å²) in [6.07, 6.45) is -1.04. The number of rotatable bonds is 6. The summed E-state index contributed by atoms with van der Waals surface area (Å²) in [5.41, 5.74) is -0.933. The second-order valence-electron chi connectivity index (χ2n) is 6.45. The number of nitrogens with one attached hydrogen (secondary N) is 2. The third-order valence-electron chi connectivity index (χ3n) is 4.04. The zero-order valence-corrected chi connectivity index (χ0v) is 17.3. The van der Waals surface area contributed by atoms with Crippen molar-refractivity contribution in [3.63, 3.8) is 0 Å². The Morgan fingerprint density at radius 2 is 1.76 bits per heavy atom. The predicted octanol–water partition coefficient (Wildman–Crippen LogP) is 6.29. The summed E-state index contributed by atoms with van der Waals surface area (Å²) in [6, 6.07) is 11.7. The van der Waals surface area contributed by atoms with Crippen molar-refractivity contribution < 1.29 is 32.6 Å². The number of carboxylic acid groups (broad SMARTS) is 1. The summed E-state index contributed by atoms with van der Waals surface area (Å²) < 4.78 is 45.3. The molecule has 0 aliphatic heterocycles. The van der Waals surface area contributed by atoms with Gasteiger partial charge >= 0.3 is 18.2 Å². The van der Waals surface area contributed by atoms with Crippen molar-refractivity contribution in [3.05, 3.63) is 83.2 Å². The van der Waals surface area contributed by atoms with E-state index in [1.165, 1.54) is 48.7 Å². The first-order valence-electron chi connectivity index (χ1n) is 9.20. The maximum absolute atomic E-state index is 13.2. The van der Waals surface area contributed by atoms with E-state index in [9.17, 15) is 22.8 Å². The quantitative estimate of drug-likeness (QED) is 0.362. The number of halogens is 4. The number of hydrogen-bond acceptors (Lipinski definition) is 4. The van der Waals surface area contributed by atoms with E-state index in [2.05, 4.69) is 15.6 Å². The molecule has 1 heterocycles. The van der Waals surface area contributed by atoms with E-state index in [4.69, 9.17) is 21.4 Å². The Hall–Kier alpha value is -4.05. The minimum absolute atomic E-state index is 0.301. The van der Waals surface area contributed by atoms with Crippen LogP contribution in [0.4, 0.5) is 29.3 Å². The highest BCUT2D eigenvalue weighted by atomic mass is 35.5. The van der Waals surface area contributed by atoms with Crippen LogP contribution in [0.2, 0.25) is 5.02 Å². The molecule has 0 aliphatic carbocycles. The molecule has 0 spiro atoms. The van der Waals surface area contributed by atoms with Crippen molar-refractivity contribution >= 4 is 41.1 Å². The summed E-state index contributed by atoms with van der Waals surface area (Å²) in [5, 5.41) is 12.7. The molecular weight excluding hydrogens is 463 g/mol. The molecule has 3 aromatic rings. The van der Waals surface area contributed by atoms with Crippen LogP contribution in [0.5, 0.6) is 11.5 Å². The molecule has 0 atom stereocenters. The Kier molecular flexibility index (Phi) is 7.19. The molecule has 0 fully saturated rings. The molecule has 0 radical (unpaired) electrons. The van der Waals surface area contributed by atoms with Crippen molar-refractivity contribution in [1.82, 2.24) is 4.98 Å². The number of alkyl halides is 3. The lowest BCUT2D eigenvalue weighted by Crippen LogP contribution is -2.22. The van der Waals surface area contributed by atoms with Crippen LogP contribution in [-0.4, -0.2) is 22.1 Å². The summed E-state index contributed by atoms with van der Waals surface area (Å²) in [6.45, 7) is 0. The van der Waals surface area contributed by atoms with Gasteiger partial charge in [-0.15, -0.1) is 0 Å². The number of aliphatic carboxylic acids is 1. The van der Waals surface area contributed by atoms with Crippen LogP contribution in [0, 0.1) is 0 Å². The van der Waals surface area contributed by atoms with Crippen LogP contribution in [-0.2, 0) is 11.0 Å². The molecule has 33 heavy (non-hydrogen) atoms. The van der Waals surface area contributed by atoms with Gasteiger partial charge in [-0.2, -0.15) is 13.2 Å². The monoisotopic (exact) mass is 477 g/mol. The topological polar surface area (TPSA) is 101 Å². The van der Waals surface area contributed by atoms with Crippen molar-refractivity contribution in [2.75, 3.05) is 10.6 Å². The fourth-order valence-corrected chi connectivity index (χ4v) is 2.96. The molecule has 2 aromatic carbocycles. The minimum Gasteiger partial charge on any atom is -0.478 e. The number of carbonyl (C=O) groups is 2. The average molecular weight is 478 g/mol. The summed E-state index contributed by atoms with van der Waals surface area (Å²) >= 11 is 5.64.